The largest absolute Gasteiger partial charge is 0.257 e. The van der Waals surface area contributed by atoms with Crippen LogP contribution in [0, 0.1) is 6.07 Å². The summed E-state index contributed by atoms with van der Waals surface area (Å²) >= 11 is 0. The summed E-state index contributed by atoms with van der Waals surface area (Å²) in [6, 6.07) is 2.64. The van der Waals surface area contributed by atoms with E-state index in [0.29, 0.717) is 0 Å². The molecule has 0 aliphatic heterocycles. The van der Waals surface area contributed by atoms with E-state index in [1.807, 2.05) is 0 Å². The molecule has 0 aliphatic carbocycles. The lowest BCUT2D eigenvalue weighted by Gasteiger charge is -1.95. The number of rotatable bonds is 2. The topological polar surface area (TPSA) is 52.0 Å². The van der Waals surface area contributed by atoms with Gasteiger partial charge < -0.3 is 0 Å². The van der Waals surface area contributed by atoms with Crippen LogP contribution < -0.4 is 0 Å². The molecule has 5 heteroatoms. The molecule has 0 N–H and O–H groups in total. The Morgan fingerprint density at radius 1 is 1.70 bits per heavy atom. The van der Waals surface area contributed by atoms with Crippen molar-refractivity contribution in [3.05, 3.63) is 18.5 Å². The standard InChI is InChI=1S/C5H7N2O2S/c1-10(8,9)5-7-4-2-3-6-7/h3-4H,5H2,1H3. The van der Waals surface area contributed by atoms with Crippen LogP contribution in [0.4, 0.5) is 0 Å². The van der Waals surface area contributed by atoms with Crippen molar-refractivity contribution in [3.8, 4) is 0 Å². The zero-order valence-electron chi connectivity index (χ0n) is 5.48. The smallest absolute Gasteiger partial charge is 0.167 e. The van der Waals surface area contributed by atoms with Gasteiger partial charge in [0.2, 0.25) is 0 Å². The molecule has 1 aromatic heterocycles. The summed E-state index contributed by atoms with van der Waals surface area (Å²) < 4.78 is 22.6. The van der Waals surface area contributed by atoms with Crippen LogP contribution in [0.5, 0.6) is 0 Å². The Morgan fingerprint density at radius 3 is 2.80 bits per heavy atom. The Kier molecular flexibility index (Phi) is 1.76. The number of hydrogen-bond acceptors (Lipinski definition) is 3. The Bertz CT molecular complexity index is 287. The molecule has 0 saturated carbocycles. The van der Waals surface area contributed by atoms with Gasteiger partial charge in [0.05, 0.1) is 6.20 Å². The van der Waals surface area contributed by atoms with E-state index in [4.69, 9.17) is 0 Å². The first-order valence-corrected chi connectivity index (χ1v) is 4.70. The van der Waals surface area contributed by atoms with E-state index in [1.54, 1.807) is 0 Å². The first-order valence-electron chi connectivity index (χ1n) is 2.64. The Balaban J connectivity index is 2.75. The van der Waals surface area contributed by atoms with Gasteiger partial charge in [-0.25, -0.2) is 8.42 Å². The maximum atomic E-state index is 10.6. The molecule has 1 heterocycles. The summed E-state index contributed by atoms with van der Waals surface area (Å²) in [5, 5.41) is 3.68. The summed E-state index contributed by atoms with van der Waals surface area (Å²) in [6.45, 7) is 0. The van der Waals surface area contributed by atoms with E-state index < -0.39 is 9.84 Å². The highest BCUT2D eigenvalue weighted by Crippen LogP contribution is 1.89. The van der Waals surface area contributed by atoms with Gasteiger partial charge in [-0.3, -0.25) is 4.68 Å². The van der Waals surface area contributed by atoms with Crippen LogP contribution in [0.25, 0.3) is 0 Å². The van der Waals surface area contributed by atoms with Gasteiger partial charge in [-0.05, 0) is 0 Å². The maximum absolute atomic E-state index is 10.6. The lowest BCUT2D eigenvalue weighted by molar-refractivity contribution is 0.581. The van der Waals surface area contributed by atoms with E-state index in [1.165, 1.54) is 17.1 Å². The molecule has 1 rings (SSSR count). The van der Waals surface area contributed by atoms with Gasteiger partial charge in [-0.2, -0.15) is 5.10 Å². The third-order valence-electron chi connectivity index (χ3n) is 0.871. The van der Waals surface area contributed by atoms with Crippen LogP contribution in [-0.2, 0) is 15.7 Å². The number of nitrogens with zero attached hydrogens (tertiary/aromatic N) is 2. The molecule has 0 aromatic carbocycles. The molecule has 0 aliphatic rings. The summed E-state index contributed by atoms with van der Waals surface area (Å²) in [5.41, 5.74) is 0. The molecule has 0 unspecified atom stereocenters. The molecule has 0 saturated heterocycles. The van der Waals surface area contributed by atoms with Crippen molar-refractivity contribution in [1.82, 2.24) is 9.78 Å². The summed E-state index contributed by atoms with van der Waals surface area (Å²) in [6.07, 6.45) is 4.07. The second kappa shape index (κ2) is 2.42. The van der Waals surface area contributed by atoms with Crippen LogP contribution in [-0.4, -0.2) is 24.5 Å². The van der Waals surface area contributed by atoms with Crippen molar-refractivity contribution in [3.63, 3.8) is 0 Å². The van der Waals surface area contributed by atoms with Gasteiger partial charge in [0, 0.05) is 18.5 Å². The average Bonchev–Trinajstić information content (AvgIpc) is 2.12. The number of hydrogen-bond donors (Lipinski definition) is 0. The number of sulfone groups is 1. The lowest BCUT2D eigenvalue weighted by Crippen LogP contribution is -2.08. The monoisotopic (exact) mass is 159 g/mol. The maximum Gasteiger partial charge on any atom is 0.167 e. The molecular weight excluding hydrogens is 152 g/mol. The molecule has 10 heavy (non-hydrogen) atoms. The van der Waals surface area contributed by atoms with E-state index >= 15 is 0 Å². The van der Waals surface area contributed by atoms with Gasteiger partial charge in [-0.1, -0.05) is 0 Å². The van der Waals surface area contributed by atoms with Gasteiger partial charge >= 0.3 is 0 Å². The second-order valence-corrected chi connectivity index (χ2v) is 4.14. The van der Waals surface area contributed by atoms with Crippen molar-refractivity contribution < 1.29 is 8.42 Å². The lowest BCUT2D eigenvalue weighted by atomic mass is 10.8. The molecule has 4 nitrogen and oxygen atoms in total. The fourth-order valence-corrected chi connectivity index (χ4v) is 1.19. The minimum absolute atomic E-state index is 0.0729. The molecule has 1 radical (unpaired) electrons. The second-order valence-electron chi connectivity index (χ2n) is 2.03. The minimum Gasteiger partial charge on any atom is -0.257 e. The third-order valence-corrected chi connectivity index (χ3v) is 1.60. The fraction of sp³-hybridized carbons (Fsp3) is 0.400. The van der Waals surface area contributed by atoms with Crippen molar-refractivity contribution in [2.75, 3.05) is 6.26 Å². The fourth-order valence-electron chi connectivity index (χ4n) is 0.571. The summed E-state index contributed by atoms with van der Waals surface area (Å²) in [4.78, 5) is 0. The van der Waals surface area contributed by atoms with E-state index in [2.05, 4.69) is 11.2 Å². The SMILES string of the molecule is CS(=O)(=O)Cn1c[c]cn1. The Morgan fingerprint density at radius 2 is 2.40 bits per heavy atom. The highest BCUT2D eigenvalue weighted by Gasteiger charge is 2.01. The van der Waals surface area contributed by atoms with Gasteiger partial charge in [0.1, 0.15) is 5.88 Å². The van der Waals surface area contributed by atoms with Crippen molar-refractivity contribution in [2.24, 2.45) is 0 Å². The third kappa shape index (κ3) is 2.18. The zero-order valence-corrected chi connectivity index (χ0v) is 6.30. The highest BCUT2D eigenvalue weighted by atomic mass is 32.2. The van der Waals surface area contributed by atoms with Crippen LogP contribution in [0.3, 0.4) is 0 Å². The molecule has 1 aromatic rings. The highest BCUT2D eigenvalue weighted by molar-refractivity contribution is 7.89. The van der Waals surface area contributed by atoms with Gasteiger partial charge in [0.15, 0.2) is 9.84 Å². The quantitative estimate of drug-likeness (QED) is 0.594. The molecule has 0 spiro atoms. The van der Waals surface area contributed by atoms with Crippen molar-refractivity contribution in [2.45, 2.75) is 5.88 Å². The normalized spacial score (nSPS) is 11.7. The zero-order chi connectivity index (χ0) is 7.61. The van der Waals surface area contributed by atoms with Gasteiger partial charge in [-0.15, -0.1) is 0 Å². The van der Waals surface area contributed by atoms with Crippen LogP contribution >= 0.6 is 0 Å². The summed E-state index contributed by atoms with van der Waals surface area (Å²) in [5.74, 6) is -0.0729. The summed E-state index contributed by atoms with van der Waals surface area (Å²) in [7, 11) is -2.97. The minimum atomic E-state index is -2.97. The predicted molar refractivity (Wildman–Crippen MR) is 35.9 cm³/mol. The first kappa shape index (κ1) is 7.27. The van der Waals surface area contributed by atoms with Crippen molar-refractivity contribution in [1.29, 1.82) is 0 Å². The average molecular weight is 159 g/mol. The molecule has 55 valence electrons. The Hall–Kier alpha value is -0.840. The van der Waals surface area contributed by atoms with Crippen LogP contribution in [0.1, 0.15) is 0 Å². The van der Waals surface area contributed by atoms with Gasteiger partial charge in [0.25, 0.3) is 0 Å². The van der Waals surface area contributed by atoms with E-state index in [9.17, 15) is 8.42 Å². The molecule has 0 atom stereocenters. The van der Waals surface area contributed by atoms with Crippen molar-refractivity contribution >= 4 is 9.84 Å². The van der Waals surface area contributed by atoms with Crippen LogP contribution in [0.15, 0.2) is 12.4 Å². The van der Waals surface area contributed by atoms with Crippen LogP contribution in [0.2, 0.25) is 0 Å². The number of aromatic nitrogens is 2. The van der Waals surface area contributed by atoms with E-state index in [-0.39, 0.29) is 5.88 Å². The molecule has 0 bridgehead atoms. The first-order chi connectivity index (χ1) is 4.58. The molecule has 0 amide bonds. The molecule has 0 fully saturated rings. The Labute approximate surface area is 59.4 Å². The predicted octanol–water partition coefficient (Wildman–Crippen LogP) is -0.315. The van der Waals surface area contributed by atoms with E-state index in [0.717, 1.165) is 6.26 Å². The molecular formula is C5H7N2O2S.